The number of ether oxygens (including phenoxy) is 2. The first kappa shape index (κ1) is 22.1. The summed E-state index contributed by atoms with van der Waals surface area (Å²) in [5, 5.41) is 0.693. The molecule has 4 aromatic rings. The molecule has 0 fully saturated rings. The average molecular weight is 447 g/mol. The standard InChI is InChI=1S/C27H26O4S/c1-4-16-30-22-14-15-23-24(17-22)32(29)27(20-10-12-21(13-11-20)31-18(2)3)25(23)26(28)19-8-6-5-7-9-19/h5-15,17-18H,4,16H2,1-3H3. The van der Waals surface area contributed by atoms with Crippen molar-refractivity contribution >= 4 is 26.6 Å². The maximum Gasteiger partial charge on any atom is 0.199 e. The molecule has 0 aliphatic heterocycles. The molecule has 5 heteroatoms. The van der Waals surface area contributed by atoms with Crippen LogP contribution in [0.4, 0.5) is 0 Å². The largest absolute Gasteiger partial charge is 0.590 e. The first-order valence-electron chi connectivity index (χ1n) is 10.8. The molecule has 0 radical (unpaired) electrons. The molecule has 0 saturated heterocycles. The van der Waals surface area contributed by atoms with Crippen LogP contribution < -0.4 is 9.47 Å². The molecule has 0 aliphatic carbocycles. The minimum absolute atomic E-state index is 0.0571. The van der Waals surface area contributed by atoms with Crippen LogP contribution in [-0.2, 0) is 0 Å². The van der Waals surface area contributed by atoms with E-state index in [1.54, 1.807) is 18.2 Å². The first-order chi connectivity index (χ1) is 15.5. The monoisotopic (exact) mass is 446 g/mol. The van der Waals surface area contributed by atoms with E-state index in [9.17, 15) is 9.35 Å². The van der Waals surface area contributed by atoms with Gasteiger partial charge in [0.15, 0.2) is 15.4 Å². The number of thiophene rings is 1. The molecule has 0 N–H and O–H groups in total. The van der Waals surface area contributed by atoms with Crippen molar-refractivity contribution in [3.05, 3.63) is 83.9 Å². The molecular formula is C27H26O4S. The lowest BCUT2D eigenvalue weighted by atomic mass is 9.97. The molecule has 1 unspecified atom stereocenters. The lowest BCUT2D eigenvalue weighted by molar-refractivity contribution is 0.104. The van der Waals surface area contributed by atoms with Gasteiger partial charge in [-0.1, -0.05) is 37.3 Å². The van der Waals surface area contributed by atoms with Crippen molar-refractivity contribution in [2.45, 2.75) is 33.3 Å². The van der Waals surface area contributed by atoms with Crippen molar-refractivity contribution in [1.82, 2.24) is 0 Å². The molecule has 164 valence electrons. The Bertz CT molecular complexity index is 1220. The van der Waals surface area contributed by atoms with E-state index in [0.717, 1.165) is 17.7 Å². The molecule has 1 aromatic heterocycles. The van der Waals surface area contributed by atoms with Crippen LogP contribution in [0.5, 0.6) is 11.5 Å². The molecule has 0 bridgehead atoms. The number of carbonyl (C=O) groups excluding carboxylic acids is 1. The molecule has 4 nitrogen and oxygen atoms in total. The van der Waals surface area contributed by atoms with Gasteiger partial charge in [0.05, 0.1) is 23.7 Å². The third-order valence-electron chi connectivity index (χ3n) is 5.06. The van der Waals surface area contributed by atoms with Gasteiger partial charge in [-0.05, 0) is 67.4 Å². The molecule has 4 rings (SSSR count). The fraction of sp³-hybridized carbons (Fsp3) is 0.222. The smallest absolute Gasteiger partial charge is 0.199 e. The van der Waals surface area contributed by atoms with Gasteiger partial charge in [-0.3, -0.25) is 4.79 Å². The highest BCUT2D eigenvalue weighted by molar-refractivity contribution is 7.35. The molecule has 32 heavy (non-hydrogen) atoms. The normalized spacial score (nSPS) is 11.7. The van der Waals surface area contributed by atoms with Crippen molar-refractivity contribution < 1.29 is 18.8 Å². The summed E-state index contributed by atoms with van der Waals surface area (Å²) < 4.78 is 25.7. The topological polar surface area (TPSA) is 58.6 Å². The summed E-state index contributed by atoms with van der Waals surface area (Å²) in [6, 6.07) is 22.0. The van der Waals surface area contributed by atoms with Crippen LogP contribution in [0.3, 0.4) is 0 Å². The Balaban J connectivity index is 1.89. The van der Waals surface area contributed by atoms with Crippen LogP contribution >= 0.6 is 10.8 Å². The van der Waals surface area contributed by atoms with E-state index in [1.807, 2.05) is 75.4 Å². The number of fused-ring (bicyclic) bond motifs is 1. The average Bonchev–Trinajstić information content (AvgIpc) is 3.09. The maximum atomic E-state index is 13.6. The van der Waals surface area contributed by atoms with Crippen LogP contribution in [0.25, 0.3) is 20.5 Å². The van der Waals surface area contributed by atoms with Crippen LogP contribution in [0, 0.1) is 0 Å². The minimum atomic E-state index is -1.51. The Labute approximate surface area is 191 Å². The summed E-state index contributed by atoms with van der Waals surface area (Å²) in [5.74, 6) is 1.25. The Morgan fingerprint density at radius 3 is 2.31 bits per heavy atom. The van der Waals surface area contributed by atoms with E-state index in [-0.39, 0.29) is 11.9 Å². The van der Waals surface area contributed by atoms with E-state index in [4.69, 9.17) is 9.47 Å². The molecule has 0 amide bonds. The van der Waals surface area contributed by atoms with Gasteiger partial charge < -0.3 is 14.0 Å². The minimum Gasteiger partial charge on any atom is -0.590 e. The Morgan fingerprint density at radius 1 is 0.969 bits per heavy atom. The Morgan fingerprint density at radius 2 is 1.66 bits per heavy atom. The van der Waals surface area contributed by atoms with Crippen molar-refractivity contribution in [1.29, 1.82) is 0 Å². The highest BCUT2D eigenvalue weighted by atomic mass is 32.2. The van der Waals surface area contributed by atoms with Gasteiger partial charge in [0, 0.05) is 17.2 Å². The number of hydrogen-bond acceptors (Lipinski definition) is 4. The van der Waals surface area contributed by atoms with Crippen molar-refractivity contribution in [3.8, 4) is 21.9 Å². The molecule has 1 atom stereocenters. The van der Waals surface area contributed by atoms with E-state index in [0.29, 0.717) is 38.4 Å². The summed E-state index contributed by atoms with van der Waals surface area (Å²) >= 11 is 0. The molecule has 0 spiro atoms. The van der Waals surface area contributed by atoms with Gasteiger partial charge in [0.1, 0.15) is 11.5 Å². The van der Waals surface area contributed by atoms with Crippen LogP contribution in [-0.4, -0.2) is 23.0 Å². The van der Waals surface area contributed by atoms with Crippen molar-refractivity contribution in [2.24, 2.45) is 0 Å². The quantitative estimate of drug-likeness (QED) is 0.215. The number of ketones is 1. The maximum absolute atomic E-state index is 13.6. The highest BCUT2D eigenvalue weighted by Crippen LogP contribution is 2.47. The second kappa shape index (κ2) is 9.55. The molecule has 0 aliphatic rings. The predicted octanol–water partition coefficient (Wildman–Crippen LogP) is 7.04. The number of benzene rings is 3. The number of hydrogen-bond donors (Lipinski definition) is 0. The van der Waals surface area contributed by atoms with Gasteiger partial charge in [-0.2, -0.15) is 0 Å². The second-order valence-corrected chi connectivity index (χ2v) is 9.25. The third-order valence-corrected chi connectivity index (χ3v) is 6.61. The van der Waals surface area contributed by atoms with E-state index in [2.05, 4.69) is 0 Å². The second-order valence-electron chi connectivity index (χ2n) is 7.87. The molecule has 1 heterocycles. The van der Waals surface area contributed by atoms with Gasteiger partial charge in [0.25, 0.3) is 0 Å². The Hall–Kier alpha value is -3.15. The molecule has 3 aromatic carbocycles. The zero-order chi connectivity index (χ0) is 22.7. The molecular weight excluding hydrogens is 420 g/mol. The third kappa shape index (κ3) is 4.40. The fourth-order valence-electron chi connectivity index (χ4n) is 3.66. The van der Waals surface area contributed by atoms with Crippen LogP contribution in [0.1, 0.15) is 43.1 Å². The summed E-state index contributed by atoms with van der Waals surface area (Å²) in [6.45, 7) is 6.55. The number of rotatable bonds is 8. The van der Waals surface area contributed by atoms with Gasteiger partial charge in [-0.25, -0.2) is 0 Å². The lowest BCUT2D eigenvalue weighted by Gasteiger charge is -2.10. The Kier molecular flexibility index (Phi) is 6.58. The van der Waals surface area contributed by atoms with E-state index >= 15 is 0 Å². The lowest BCUT2D eigenvalue weighted by Crippen LogP contribution is -2.05. The molecule has 0 saturated carbocycles. The first-order valence-corrected chi connectivity index (χ1v) is 11.9. The van der Waals surface area contributed by atoms with Crippen LogP contribution in [0.2, 0.25) is 0 Å². The summed E-state index contributed by atoms with van der Waals surface area (Å²) in [6.07, 6.45) is 0.938. The van der Waals surface area contributed by atoms with Gasteiger partial charge >= 0.3 is 0 Å². The van der Waals surface area contributed by atoms with Crippen molar-refractivity contribution in [2.75, 3.05) is 6.61 Å². The highest BCUT2D eigenvalue weighted by Gasteiger charge is 2.29. The summed E-state index contributed by atoms with van der Waals surface area (Å²) in [5.41, 5.74) is 1.78. The fourth-order valence-corrected chi connectivity index (χ4v) is 5.22. The SMILES string of the molecule is CCCOc1ccc2c(C(=O)c3ccccc3)c(-c3ccc(OC(C)C)cc3)[s+]([O-])c2c1. The van der Waals surface area contributed by atoms with Crippen LogP contribution in [0.15, 0.2) is 72.8 Å². The summed E-state index contributed by atoms with van der Waals surface area (Å²) in [4.78, 5) is 14.1. The number of carbonyl (C=O) groups is 1. The summed E-state index contributed by atoms with van der Waals surface area (Å²) in [7, 11) is -1.51. The van der Waals surface area contributed by atoms with Gasteiger partial charge in [0.2, 0.25) is 0 Å². The zero-order valence-corrected chi connectivity index (χ0v) is 19.3. The zero-order valence-electron chi connectivity index (χ0n) is 18.5. The van der Waals surface area contributed by atoms with E-state index in [1.165, 1.54) is 0 Å². The van der Waals surface area contributed by atoms with E-state index < -0.39 is 10.8 Å². The van der Waals surface area contributed by atoms with Crippen molar-refractivity contribution in [3.63, 3.8) is 0 Å². The van der Waals surface area contributed by atoms with Gasteiger partial charge in [-0.15, -0.1) is 0 Å². The predicted molar refractivity (Wildman–Crippen MR) is 129 cm³/mol.